The van der Waals surface area contributed by atoms with Gasteiger partial charge in [-0.2, -0.15) is 4.31 Å². The number of hydrogen-bond donors (Lipinski definition) is 2. The van der Waals surface area contributed by atoms with Crippen LogP contribution in [0.3, 0.4) is 0 Å². The third-order valence-corrected chi connectivity index (χ3v) is 8.30. The Hall–Kier alpha value is -2.82. The summed E-state index contributed by atoms with van der Waals surface area (Å²) in [5.74, 6) is -0.279. The smallest absolute Gasteiger partial charge is 0.265 e. The van der Waals surface area contributed by atoms with Crippen LogP contribution in [0.2, 0.25) is 5.02 Å². The number of halogens is 1. The van der Waals surface area contributed by atoms with E-state index < -0.39 is 22.0 Å². The summed E-state index contributed by atoms with van der Waals surface area (Å²) in [5.41, 5.74) is 1.43. The van der Waals surface area contributed by atoms with Gasteiger partial charge in [0.25, 0.3) is 5.91 Å². The van der Waals surface area contributed by atoms with Gasteiger partial charge in [-0.1, -0.05) is 11.6 Å². The highest BCUT2D eigenvalue weighted by molar-refractivity contribution is 7.89. The average molecular weight is 508 g/mol. The number of rotatable bonds is 5. The zero-order valence-corrected chi connectivity index (χ0v) is 20.6. The first-order valence-corrected chi connectivity index (χ1v) is 12.7. The zero-order valence-electron chi connectivity index (χ0n) is 19.1. The third kappa shape index (κ3) is 4.70. The van der Waals surface area contributed by atoms with Gasteiger partial charge in [0.1, 0.15) is 11.5 Å². The minimum absolute atomic E-state index is 0.0581. The molecule has 1 saturated heterocycles. The highest BCUT2D eigenvalue weighted by Crippen LogP contribution is 2.36. The molecule has 0 bridgehead atoms. The van der Waals surface area contributed by atoms with E-state index in [1.165, 1.54) is 17.5 Å². The van der Waals surface area contributed by atoms with Crippen LogP contribution in [-0.4, -0.2) is 50.8 Å². The second kappa shape index (κ2) is 9.44. The molecule has 2 atom stereocenters. The second-order valence-corrected chi connectivity index (χ2v) is 10.7. The van der Waals surface area contributed by atoms with Gasteiger partial charge in [0.2, 0.25) is 15.9 Å². The van der Waals surface area contributed by atoms with Crippen LogP contribution in [0.4, 0.5) is 11.4 Å². The summed E-state index contributed by atoms with van der Waals surface area (Å²) in [6.07, 6.45) is 0.395. The largest absolute Gasteiger partial charge is 0.495 e. The van der Waals surface area contributed by atoms with E-state index in [1.54, 1.807) is 38.1 Å². The van der Waals surface area contributed by atoms with Crippen molar-refractivity contribution in [1.82, 2.24) is 4.31 Å². The van der Waals surface area contributed by atoms with Crippen LogP contribution in [-0.2, 0) is 19.6 Å². The number of nitrogens with zero attached hydrogens (tertiary/aromatic N) is 1. The molecule has 2 aliphatic rings. The van der Waals surface area contributed by atoms with Crippen molar-refractivity contribution in [3.05, 3.63) is 40.9 Å². The molecule has 182 valence electrons. The summed E-state index contributed by atoms with van der Waals surface area (Å²) >= 11 is 6.13. The summed E-state index contributed by atoms with van der Waals surface area (Å²) < 4.78 is 39.1. The Balaban J connectivity index is 1.52. The van der Waals surface area contributed by atoms with Gasteiger partial charge in [-0.25, -0.2) is 8.42 Å². The summed E-state index contributed by atoms with van der Waals surface area (Å²) in [6, 6.07) is 7.95. The van der Waals surface area contributed by atoms with Gasteiger partial charge in [0.15, 0.2) is 6.10 Å². The van der Waals surface area contributed by atoms with Crippen LogP contribution in [0.15, 0.2) is 35.2 Å². The fraction of sp³-hybridized carbons (Fsp3) is 0.391. The van der Waals surface area contributed by atoms with Gasteiger partial charge in [0, 0.05) is 24.8 Å². The third-order valence-electron chi connectivity index (χ3n) is 6.00. The summed E-state index contributed by atoms with van der Waals surface area (Å²) in [7, 11) is -2.39. The van der Waals surface area contributed by atoms with E-state index in [0.29, 0.717) is 52.8 Å². The molecule has 2 unspecified atom stereocenters. The molecule has 2 amide bonds. The molecule has 2 aromatic rings. The lowest BCUT2D eigenvalue weighted by Gasteiger charge is -2.32. The minimum atomic E-state index is -3.89. The van der Waals surface area contributed by atoms with Gasteiger partial charge in [-0.05, 0) is 56.5 Å². The van der Waals surface area contributed by atoms with Crippen LogP contribution in [0.5, 0.6) is 11.5 Å². The number of amides is 2. The maximum absolute atomic E-state index is 13.5. The predicted molar refractivity (Wildman–Crippen MR) is 128 cm³/mol. The van der Waals surface area contributed by atoms with Gasteiger partial charge in [-0.15, -0.1) is 0 Å². The summed E-state index contributed by atoms with van der Waals surface area (Å²) in [6.45, 7) is 3.63. The summed E-state index contributed by atoms with van der Waals surface area (Å²) in [4.78, 5) is 24.9. The number of carbonyl (C=O) groups is 2. The quantitative estimate of drug-likeness (QED) is 0.641. The van der Waals surface area contributed by atoms with E-state index in [-0.39, 0.29) is 23.3 Å². The number of nitrogens with one attached hydrogen (secondary N) is 2. The number of sulfonamides is 1. The first kappa shape index (κ1) is 24.3. The molecular formula is C23H26ClN3O6S. The molecular weight excluding hydrogens is 482 g/mol. The Morgan fingerprint density at radius 1 is 1.29 bits per heavy atom. The van der Waals surface area contributed by atoms with E-state index in [9.17, 15) is 18.0 Å². The first-order chi connectivity index (χ1) is 16.1. The Kier molecular flexibility index (Phi) is 6.75. The lowest BCUT2D eigenvalue weighted by Crippen LogP contribution is -2.44. The van der Waals surface area contributed by atoms with Gasteiger partial charge >= 0.3 is 0 Å². The Labute approximate surface area is 203 Å². The molecule has 2 aromatic carbocycles. The number of anilines is 2. The lowest BCUT2D eigenvalue weighted by molar-refractivity contribution is -0.123. The molecule has 34 heavy (non-hydrogen) atoms. The fourth-order valence-corrected chi connectivity index (χ4v) is 6.13. The topological polar surface area (TPSA) is 114 Å². The normalized spacial score (nSPS) is 20.6. The Morgan fingerprint density at radius 3 is 2.76 bits per heavy atom. The van der Waals surface area contributed by atoms with E-state index in [0.717, 1.165) is 0 Å². The highest BCUT2D eigenvalue weighted by Gasteiger charge is 2.35. The molecule has 0 spiro atoms. The van der Waals surface area contributed by atoms with E-state index in [1.807, 2.05) is 0 Å². The average Bonchev–Trinajstić information content (AvgIpc) is 2.80. The van der Waals surface area contributed by atoms with Crippen molar-refractivity contribution < 1.29 is 27.5 Å². The van der Waals surface area contributed by atoms with E-state index in [2.05, 4.69) is 10.6 Å². The zero-order chi connectivity index (χ0) is 24.6. The fourth-order valence-electron chi connectivity index (χ4n) is 4.12. The standard InChI is InChI=1S/C23H26ClN3O6S/c1-13-9-18-20(33-14(2)22(28)26-18)11-21(13)34(30,31)27-8-4-5-15(12-27)23(29)25-16-6-7-19(32-3)17(24)10-16/h6-7,9-11,14-15H,4-5,8,12H2,1-3H3,(H,25,29)(H,26,28). The predicted octanol–water partition coefficient (Wildman–Crippen LogP) is 3.42. The number of benzene rings is 2. The van der Waals surface area contributed by atoms with Crippen LogP contribution in [0.25, 0.3) is 0 Å². The lowest BCUT2D eigenvalue weighted by atomic mass is 9.98. The van der Waals surface area contributed by atoms with Gasteiger partial charge < -0.3 is 20.1 Å². The molecule has 0 saturated carbocycles. The highest BCUT2D eigenvalue weighted by atomic mass is 35.5. The Morgan fingerprint density at radius 2 is 2.06 bits per heavy atom. The molecule has 0 aromatic heterocycles. The van der Waals surface area contributed by atoms with Crippen LogP contribution in [0.1, 0.15) is 25.3 Å². The van der Waals surface area contributed by atoms with Crippen molar-refractivity contribution in [3.8, 4) is 11.5 Å². The molecule has 2 heterocycles. The van der Waals surface area contributed by atoms with Crippen molar-refractivity contribution in [2.75, 3.05) is 30.8 Å². The SMILES string of the molecule is COc1ccc(NC(=O)C2CCCN(S(=O)(=O)c3cc4c(cc3C)NC(=O)C(C)O4)C2)cc1Cl. The van der Waals surface area contributed by atoms with Crippen molar-refractivity contribution in [1.29, 1.82) is 0 Å². The maximum Gasteiger partial charge on any atom is 0.265 e. The van der Waals surface area contributed by atoms with Gasteiger partial charge in [-0.3, -0.25) is 9.59 Å². The number of hydrogen-bond acceptors (Lipinski definition) is 6. The van der Waals surface area contributed by atoms with Crippen molar-refractivity contribution in [2.24, 2.45) is 5.92 Å². The maximum atomic E-state index is 13.5. The number of methoxy groups -OCH3 is 1. The molecule has 2 aliphatic heterocycles. The minimum Gasteiger partial charge on any atom is -0.495 e. The van der Waals surface area contributed by atoms with E-state index in [4.69, 9.17) is 21.1 Å². The van der Waals surface area contributed by atoms with Crippen LogP contribution < -0.4 is 20.1 Å². The number of ether oxygens (including phenoxy) is 2. The molecule has 1 fully saturated rings. The van der Waals surface area contributed by atoms with Crippen molar-refractivity contribution >= 4 is 44.8 Å². The monoisotopic (exact) mass is 507 g/mol. The second-order valence-electron chi connectivity index (χ2n) is 8.40. The van der Waals surface area contributed by atoms with Crippen LogP contribution >= 0.6 is 11.6 Å². The Bertz CT molecular complexity index is 1250. The molecule has 4 rings (SSSR count). The van der Waals surface area contributed by atoms with Crippen molar-refractivity contribution in [2.45, 2.75) is 37.7 Å². The number of carbonyl (C=O) groups excluding carboxylic acids is 2. The van der Waals surface area contributed by atoms with E-state index >= 15 is 0 Å². The first-order valence-electron chi connectivity index (χ1n) is 10.9. The molecule has 0 radical (unpaired) electrons. The van der Waals surface area contributed by atoms with Crippen LogP contribution in [0, 0.1) is 12.8 Å². The molecule has 2 N–H and O–H groups in total. The number of fused-ring (bicyclic) bond motifs is 1. The summed E-state index contributed by atoms with van der Waals surface area (Å²) in [5, 5.41) is 5.90. The number of piperidine rings is 1. The number of aryl methyl sites for hydroxylation is 1. The van der Waals surface area contributed by atoms with Crippen molar-refractivity contribution in [3.63, 3.8) is 0 Å². The van der Waals surface area contributed by atoms with Gasteiger partial charge in [0.05, 0.1) is 28.6 Å². The molecule has 11 heteroatoms. The molecule has 9 nitrogen and oxygen atoms in total. The molecule has 0 aliphatic carbocycles.